The average molecular weight is 294 g/mol. The number of esters is 1. The predicted molar refractivity (Wildman–Crippen MR) is 71.0 cm³/mol. The molecule has 0 spiro atoms. The number of nitrogen functional groups attached to an aromatic ring is 1. The quantitative estimate of drug-likeness (QED) is 0.878. The van der Waals surface area contributed by atoms with Crippen LogP contribution in [0, 0.1) is 11.6 Å². The van der Waals surface area contributed by atoms with Crippen molar-refractivity contribution < 1.29 is 23.0 Å². The van der Waals surface area contributed by atoms with Gasteiger partial charge >= 0.3 is 5.97 Å². The molecule has 21 heavy (non-hydrogen) atoms. The van der Waals surface area contributed by atoms with Gasteiger partial charge in [0.15, 0.2) is 0 Å². The highest BCUT2D eigenvalue weighted by molar-refractivity contribution is 5.92. The molecule has 1 aromatic carbocycles. The molecular weight excluding hydrogens is 282 g/mol. The minimum atomic E-state index is -0.807. The Hall–Kier alpha value is -2.70. The number of nitrogens with zero attached hydrogens (tertiary/aromatic N) is 1. The summed E-state index contributed by atoms with van der Waals surface area (Å²) >= 11 is 0. The summed E-state index contributed by atoms with van der Waals surface area (Å²) in [6.07, 6.45) is 1.26. The van der Waals surface area contributed by atoms with Crippen LogP contribution in [0.1, 0.15) is 17.3 Å². The molecule has 2 rings (SSSR count). The fraction of sp³-hybridized carbons (Fsp3) is 0.143. The van der Waals surface area contributed by atoms with Gasteiger partial charge in [-0.05, 0) is 13.0 Å². The summed E-state index contributed by atoms with van der Waals surface area (Å²) in [5.41, 5.74) is 5.76. The van der Waals surface area contributed by atoms with Gasteiger partial charge in [0.1, 0.15) is 22.9 Å². The summed E-state index contributed by atoms with van der Waals surface area (Å²) in [6.45, 7) is 1.79. The molecule has 0 atom stereocenters. The minimum Gasteiger partial charge on any atom is -0.462 e. The fourth-order valence-electron chi connectivity index (χ4n) is 1.60. The smallest absolute Gasteiger partial charge is 0.343 e. The number of pyridine rings is 1. The zero-order valence-corrected chi connectivity index (χ0v) is 11.1. The number of carbonyl (C=O) groups is 1. The van der Waals surface area contributed by atoms with Crippen molar-refractivity contribution in [1.82, 2.24) is 4.98 Å². The molecule has 0 aliphatic heterocycles. The lowest BCUT2D eigenvalue weighted by molar-refractivity contribution is 0.0523. The number of rotatable bonds is 4. The zero-order valence-electron chi connectivity index (χ0n) is 11.1. The normalized spacial score (nSPS) is 10.2. The Morgan fingerprint density at radius 2 is 1.90 bits per heavy atom. The van der Waals surface area contributed by atoms with E-state index in [0.29, 0.717) is 6.07 Å². The molecule has 1 aromatic heterocycles. The maximum absolute atomic E-state index is 13.1. The van der Waals surface area contributed by atoms with E-state index in [1.165, 1.54) is 12.3 Å². The van der Waals surface area contributed by atoms with Gasteiger partial charge in [-0.2, -0.15) is 0 Å². The van der Waals surface area contributed by atoms with E-state index in [-0.39, 0.29) is 29.5 Å². The first kappa shape index (κ1) is 14.7. The van der Waals surface area contributed by atoms with Crippen LogP contribution in [0.25, 0.3) is 0 Å². The molecular formula is C14H12F2N2O3. The number of hydrogen-bond donors (Lipinski definition) is 1. The molecule has 0 radical (unpaired) electrons. The van der Waals surface area contributed by atoms with Crippen LogP contribution < -0.4 is 10.5 Å². The van der Waals surface area contributed by atoms with Crippen LogP contribution in [0.4, 0.5) is 14.5 Å². The Kier molecular flexibility index (Phi) is 4.32. The van der Waals surface area contributed by atoms with Crippen molar-refractivity contribution in [3.05, 3.63) is 47.7 Å². The van der Waals surface area contributed by atoms with Crippen LogP contribution in [0.15, 0.2) is 30.5 Å². The fourth-order valence-corrected chi connectivity index (χ4v) is 1.60. The van der Waals surface area contributed by atoms with Crippen molar-refractivity contribution in [2.45, 2.75) is 6.92 Å². The van der Waals surface area contributed by atoms with Gasteiger partial charge in [0.05, 0.1) is 18.5 Å². The molecule has 0 saturated carbocycles. The van der Waals surface area contributed by atoms with Gasteiger partial charge in [0, 0.05) is 18.2 Å². The molecule has 0 aliphatic carbocycles. The molecule has 110 valence electrons. The maximum Gasteiger partial charge on any atom is 0.343 e. The summed E-state index contributed by atoms with van der Waals surface area (Å²) in [7, 11) is 0. The number of hydrogen-bond acceptors (Lipinski definition) is 5. The van der Waals surface area contributed by atoms with E-state index in [4.69, 9.17) is 15.2 Å². The summed E-state index contributed by atoms with van der Waals surface area (Å²) in [6, 6.07) is 3.96. The standard InChI is InChI=1S/C14H12F2N2O3/c1-2-20-14(19)12-6-10(17)7-18-13(12)21-11-4-8(15)3-9(16)5-11/h3-7H,2,17H2,1H3. The first-order valence-corrected chi connectivity index (χ1v) is 6.06. The summed E-state index contributed by atoms with van der Waals surface area (Å²) < 4.78 is 36.3. The van der Waals surface area contributed by atoms with Crippen molar-refractivity contribution in [3.63, 3.8) is 0 Å². The molecule has 0 bridgehead atoms. The molecule has 0 unspecified atom stereocenters. The second-order valence-electron chi connectivity index (χ2n) is 4.05. The largest absolute Gasteiger partial charge is 0.462 e. The molecule has 0 aliphatic rings. The Morgan fingerprint density at radius 1 is 1.24 bits per heavy atom. The van der Waals surface area contributed by atoms with Gasteiger partial charge in [-0.3, -0.25) is 0 Å². The minimum absolute atomic E-state index is 0.0264. The highest BCUT2D eigenvalue weighted by Crippen LogP contribution is 2.26. The zero-order chi connectivity index (χ0) is 15.4. The van der Waals surface area contributed by atoms with Gasteiger partial charge in [0.25, 0.3) is 0 Å². The number of nitrogens with two attached hydrogens (primary N) is 1. The van der Waals surface area contributed by atoms with Crippen molar-refractivity contribution in [3.8, 4) is 11.6 Å². The number of ether oxygens (including phenoxy) is 2. The highest BCUT2D eigenvalue weighted by atomic mass is 19.1. The van der Waals surface area contributed by atoms with Crippen molar-refractivity contribution in [2.24, 2.45) is 0 Å². The molecule has 0 saturated heterocycles. The van der Waals surface area contributed by atoms with Gasteiger partial charge < -0.3 is 15.2 Å². The molecule has 0 fully saturated rings. The second-order valence-corrected chi connectivity index (χ2v) is 4.05. The number of anilines is 1. The van der Waals surface area contributed by atoms with E-state index in [9.17, 15) is 13.6 Å². The third kappa shape index (κ3) is 3.65. The van der Waals surface area contributed by atoms with Crippen LogP contribution in [0.5, 0.6) is 11.6 Å². The van der Waals surface area contributed by atoms with Crippen molar-refractivity contribution in [2.75, 3.05) is 12.3 Å². The third-order valence-electron chi connectivity index (χ3n) is 2.42. The Morgan fingerprint density at radius 3 is 2.52 bits per heavy atom. The van der Waals surface area contributed by atoms with Crippen LogP contribution in [-0.2, 0) is 4.74 Å². The second kappa shape index (κ2) is 6.17. The monoisotopic (exact) mass is 294 g/mol. The number of carbonyl (C=O) groups excluding carboxylic acids is 1. The molecule has 0 amide bonds. The number of benzene rings is 1. The summed E-state index contributed by atoms with van der Waals surface area (Å²) in [4.78, 5) is 15.6. The summed E-state index contributed by atoms with van der Waals surface area (Å²) in [5, 5.41) is 0. The Bertz CT molecular complexity index is 657. The van der Waals surface area contributed by atoms with E-state index >= 15 is 0 Å². The first-order chi connectivity index (χ1) is 9.99. The lowest BCUT2D eigenvalue weighted by Crippen LogP contribution is -2.08. The van der Waals surface area contributed by atoms with Crippen molar-refractivity contribution in [1.29, 1.82) is 0 Å². The lowest BCUT2D eigenvalue weighted by atomic mass is 10.2. The van der Waals surface area contributed by atoms with Gasteiger partial charge in [-0.1, -0.05) is 0 Å². The Labute approximate surface area is 119 Å². The summed E-state index contributed by atoms with van der Waals surface area (Å²) in [5.74, 6) is -2.58. The van der Waals surface area contributed by atoms with Crippen LogP contribution in [0.2, 0.25) is 0 Å². The SMILES string of the molecule is CCOC(=O)c1cc(N)cnc1Oc1cc(F)cc(F)c1. The highest BCUT2D eigenvalue weighted by Gasteiger charge is 2.17. The number of aromatic nitrogens is 1. The molecule has 1 heterocycles. The van der Waals surface area contributed by atoms with Gasteiger partial charge in [-0.25, -0.2) is 18.6 Å². The predicted octanol–water partition coefficient (Wildman–Crippen LogP) is 2.91. The van der Waals surface area contributed by atoms with E-state index in [2.05, 4.69) is 4.98 Å². The molecule has 2 aromatic rings. The van der Waals surface area contributed by atoms with E-state index < -0.39 is 17.6 Å². The van der Waals surface area contributed by atoms with Gasteiger partial charge in [-0.15, -0.1) is 0 Å². The van der Waals surface area contributed by atoms with Crippen LogP contribution >= 0.6 is 0 Å². The molecule has 2 N–H and O–H groups in total. The van der Waals surface area contributed by atoms with E-state index in [0.717, 1.165) is 12.1 Å². The molecule has 5 nitrogen and oxygen atoms in total. The maximum atomic E-state index is 13.1. The van der Waals surface area contributed by atoms with Crippen LogP contribution in [-0.4, -0.2) is 17.6 Å². The number of halogens is 2. The molecule has 7 heteroatoms. The lowest BCUT2D eigenvalue weighted by Gasteiger charge is -2.10. The topological polar surface area (TPSA) is 74.4 Å². The van der Waals surface area contributed by atoms with Crippen molar-refractivity contribution >= 4 is 11.7 Å². The first-order valence-electron chi connectivity index (χ1n) is 6.06. The van der Waals surface area contributed by atoms with E-state index in [1.807, 2.05) is 0 Å². The van der Waals surface area contributed by atoms with Crippen LogP contribution in [0.3, 0.4) is 0 Å². The van der Waals surface area contributed by atoms with E-state index in [1.54, 1.807) is 6.92 Å². The third-order valence-corrected chi connectivity index (χ3v) is 2.42. The van der Waals surface area contributed by atoms with Gasteiger partial charge in [0.2, 0.25) is 5.88 Å². The Balaban J connectivity index is 2.37. The average Bonchev–Trinajstić information content (AvgIpc) is 2.40.